The van der Waals surface area contributed by atoms with Crippen molar-refractivity contribution in [3.05, 3.63) is 24.3 Å². The van der Waals surface area contributed by atoms with Gasteiger partial charge in [0.05, 0.1) is 12.4 Å². The Morgan fingerprint density at radius 2 is 1.43 bits per heavy atom. The van der Waals surface area contributed by atoms with Crippen molar-refractivity contribution < 1.29 is 72.5 Å². The van der Waals surface area contributed by atoms with E-state index in [9.17, 15) is 22.8 Å². The van der Waals surface area contributed by atoms with Crippen molar-refractivity contribution in [2.24, 2.45) is 5.41 Å². The van der Waals surface area contributed by atoms with Gasteiger partial charge in [-0.2, -0.15) is 8.42 Å². The SMILES string of the molecule is C=C(C)C(=O)OCC(CCCC)(COC(=O)C(=C)C)C(=O)OCCCS(=O)(=O)O.[H-].[Na+]. The van der Waals surface area contributed by atoms with Gasteiger partial charge in [-0.3, -0.25) is 9.35 Å². The summed E-state index contributed by atoms with van der Waals surface area (Å²) >= 11 is 0. The van der Waals surface area contributed by atoms with E-state index in [0.29, 0.717) is 12.8 Å². The zero-order valence-corrected chi connectivity index (χ0v) is 21.0. The van der Waals surface area contributed by atoms with Gasteiger partial charge in [0.1, 0.15) is 18.6 Å². The Hall–Kier alpha value is -1.20. The van der Waals surface area contributed by atoms with E-state index in [0.717, 1.165) is 0 Å². The first-order valence-corrected chi connectivity index (χ1v) is 10.7. The van der Waals surface area contributed by atoms with Crippen LogP contribution in [0.4, 0.5) is 0 Å². The largest absolute Gasteiger partial charge is 1.00 e. The Kier molecular flexibility index (Phi) is 15.2. The maximum Gasteiger partial charge on any atom is 1.00 e. The number of carbonyl (C=O) groups excluding carboxylic acids is 3. The van der Waals surface area contributed by atoms with Gasteiger partial charge in [0, 0.05) is 11.1 Å². The molecule has 0 fully saturated rings. The van der Waals surface area contributed by atoms with Crippen LogP contribution in [-0.4, -0.2) is 56.5 Å². The molecule has 0 aliphatic heterocycles. The predicted molar refractivity (Wildman–Crippen MR) is 107 cm³/mol. The molecule has 0 saturated heterocycles. The summed E-state index contributed by atoms with van der Waals surface area (Å²) in [4.78, 5) is 36.4. The van der Waals surface area contributed by atoms with E-state index >= 15 is 0 Å². The molecule has 168 valence electrons. The molecule has 11 heteroatoms. The van der Waals surface area contributed by atoms with Crippen LogP contribution in [0, 0.1) is 5.41 Å². The van der Waals surface area contributed by atoms with E-state index in [1.807, 2.05) is 6.92 Å². The van der Waals surface area contributed by atoms with Gasteiger partial charge in [-0.1, -0.05) is 32.9 Å². The topological polar surface area (TPSA) is 133 Å². The molecule has 0 bridgehead atoms. The van der Waals surface area contributed by atoms with Crippen LogP contribution in [0.1, 0.15) is 47.9 Å². The molecule has 0 unspecified atom stereocenters. The fraction of sp³-hybridized carbons (Fsp3) is 0.632. The Bertz CT molecular complexity index is 705. The number of ether oxygens (including phenoxy) is 3. The molecule has 30 heavy (non-hydrogen) atoms. The monoisotopic (exact) mass is 458 g/mol. The van der Waals surface area contributed by atoms with Gasteiger partial charge in [-0.25, -0.2) is 9.59 Å². The van der Waals surface area contributed by atoms with E-state index in [1.54, 1.807) is 0 Å². The molecule has 1 N–H and O–H groups in total. The van der Waals surface area contributed by atoms with Crippen LogP contribution in [0.15, 0.2) is 24.3 Å². The van der Waals surface area contributed by atoms with Crippen LogP contribution >= 0.6 is 0 Å². The van der Waals surface area contributed by atoms with E-state index in [-0.39, 0.29) is 61.6 Å². The minimum atomic E-state index is -4.18. The van der Waals surface area contributed by atoms with E-state index in [4.69, 9.17) is 18.8 Å². The summed E-state index contributed by atoms with van der Waals surface area (Å²) < 4.78 is 45.8. The molecule has 0 heterocycles. The van der Waals surface area contributed by atoms with Gasteiger partial charge in [-0.15, -0.1) is 0 Å². The summed E-state index contributed by atoms with van der Waals surface area (Å²) in [5.41, 5.74) is -1.20. The number of carbonyl (C=O) groups is 3. The third-order valence-electron chi connectivity index (χ3n) is 3.88. The standard InChI is InChI=1S/C19H30O9S.Na.H/c1-6-7-9-19(12-27-16(20)14(2)3,13-28-17(21)15(4)5)18(22)26-10-8-11-29(23,24)25;;/h2,4,6-13H2,1,3,5H3,(H,23,24,25);;/q;+1;-1. The quantitative estimate of drug-likeness (QED) is 0.0899. The fourth-order valence-corrected chi connectivity index (χ4v) is 2.62. The Balaban J connectivity index is -0.00000392. The van der Waals surface area contributed by atoms with Crippen molar-refractivity contribution in [3.8, 4) is 0 Å². The maximum atomic E-state index is 12.8. The molecule has 0 atom stereocenters. The van der Waals surface area contributed by atoms with Crippen LogP contribution in [0.3, 0.4) is 0 Å². The van der Waals surface area contributed by atoms with Crippen LogP contribution in [-0.2, 0) is 38.7 Å². The predicted octanol–water partition coefficient (Wildman–Crippen LogP) is -0.661. The Morgan fingerprint density at radius 1 is 0.967 bits per heavy atom. The summed E-state index contributed by atoms with van der Waals surface area (Å²) in [7, 11) is -4.18. The molecule has 0 aromatic carbocycles. The zero-order valence-electron chi connectivity index (χ0n) is 19.2. The molecular formula is C19H31NaO9S. The molecule has 0 saturated carbocycles. The summed E-state index contributed by atoms with van der Waals surface area (Å²) in [6.45, 7) is 10.7. The smallest absolute Gasteiger partial charge is 1.00 e. The third-order valence-corrected chi connectivity index (χ3v) is 4.68. The second-order valence-corrected chi connectivity index (χ2v) is 8.44. The first kappa shape index (κ1) is 31.0. The van der Waals surface area contributed by atoms with Crippen molar-refractivity contribution >= 4 is 28.0 Å². The van der Waals surface area contributed by atoms with Crippen molar-refractivity contribution in [2.45, 2.75) is 46.5 Å². The second kappa shape index (κ2) is 14.7. The molecule has 0 amide bonds. The van der Waals surface area contributed by atoms with Crippen molar-refractivity contribution in [2.75, 3.05) is 25.6 Å². The maximum absolute atomic E-state index is 12.8. The van der Waals surface area contributed by atoms with Crippen LogP contribution in [0.25, 0.3) is 0 Å². The first-order chi connectivity index (χ1) is 13.3. The average molecular weight is 459 g/mol. The number of unbranched alkanes of at least 4 members (excludes halogenated alkanes) is 1. The van der Waals surface area contributed by atoms with E-state index < -0.39 is 52.4 Å². The second-order valence-electron chi connectivity index (χ2n) is 6.87. The van der Waals surface area contributed by atoms with Crippen molar-refractivity contribution in [3.63, 3.8) is 0 Å². The van der Waals surface area contributed by atoms with Gasteiger partial charge in [-0.05, 0) is 26.7 Å². The average Bonchev–Trinajstić information content (AvgIpc) is 2.63. The van der Waals surface area contributed by atoms with Crippen molar-refractivity contribution in [1.29, 1.82) is 0 Å². The van der Waals surface area contributed by atoms with Gasteiger partial charge in [0.15, 0.2) is 0 Å². The number of rotatable bonds is 14. The summed E-state index contributed by atoms with van der Waals surface area (Å²) in [5.74, 6) is -2.80. The molecule has 0 rings (SSSR count). The number of esters is 3. The molecule has 0 aliphatic carbocycles. The van der Waals surface area contributed by atoms with E-state index in [1.165, 1.54) is 13.8 Å². The molecule has 0 aromatic rings. The molecule has 0 spiro atoms. The fourth-order valence-electron chi connectivity index (χ4n) is 2.13. The molecule has 0 aromatic heterocycles. The van der Waals surface area contributed by atoms with Gasteiger partial charge in [0.25, 0.3) is 10.1 Å². The van der Waals surface area contributed by atoms with Crippen LogP contribution in [0.5, 0.6) is 0 Å². The molecule has 0 radical (unpaired) electrons. The van der Waals surface area contributed by atoms with Gasteiger partial charge < -0.3 is 15.6 Å². The van der Waals surface area contributed by atoms with E-state index in [2.05, 4.69) is 13.2 Å². The minimum Gasteiger partial charge on any atom is -1.00 e. The Morgan fingerprint density at radius 3 is 1.80 bits per heavy atom. The van der Waals surface area contributed by atoms with Gasteiger partial charge in [0.2, 0.25) is 0 Å². The minimum absolute atomic E-state index is 0. The van der Waals surface area contributed by atoms with Gasteiger partial charge >= 0.3 is 47.5 Å². The molecule has 0 aliphatic rings. The number of hydrogen-bond acceptors (Lipinski definition) is 8. The Labute approximate surface area is 201 Å². The molecule has 9 nitrogen and oxygen atoms in total. The van der Waals surface area contributed by atoms with Crippen molar-refractivity contribution in [1.82, 2.24) is 0 Å². The van der Waals surface area contributed by atoms with Crippen LogP contribution in [0.2, 0.25) is 0 Å². The number of hydrogen-bond donors (Lipinski definition) is 1. The first-order valence-electron chi connectivity index (χ1n) is 9.12. The molecular weight excluding hydrogens is 427 g/mol. The summed E-state index contributed by atoms with van der Waals surface area (Å²) in [6.07, 6.45) is 1.34. The van der Waals surface area contributed by atoms with Crippen LogP contribution < -0.4 is 29.6 Å². The third kappa shape index (κ3) is 12.5. The normalized spacial score (nSPS) is 11.1. The zero-order chi connectivity index (χ0) is 22.7. The summed E-state index contributed by atoms with van der Waals surface area (Å²) in [5, 5.41) is 0. The summed E-state index contributed by atoms with van der Waals surface area (Å²) in [6, 6.07) is 0.